The van der Waals surface area contributed by atoms with E-state index in [1.54, 1.807) is 0 Å². The number of piperazine rings is 1. The molecule has 0 aromatic heterocycles. The number of amides is 2. The van der Waals surface area contributed by atoms with Crippen LogP contribution in [0, 0.1) is 0 Å². The zero-order valence-corrected chi connectivity index (χ0v) is 15.7. The fourth-order valence-corrected chi connectivity index (χ4v) is 4.78. The molecule has 0 saturated carbocycles. The molecule has 142 valence electrons. The summed E-state index contributed by atoms with van der Waals surface area (Å²) in [5.41, 5.74) is 1.21. The molecule has 0 radical (unpaired) electrons. The Hall–Kier alpha value is -1.77. The van der Waals surface area contributed by atoms with E-state index in [1.807, 2.05) is 18.2 Å². The second kappa shape index (κ2) is 8.28. The van der Waals surface area contributed by atoms with Crippen molar-refractivity contribution in [3.8, 4) is 0 Å². The summed E-state index contributed by atoms with van der Waals surface area (Å²) in [5.74, 6) is -0.711. The first-order valence-electron chi connectivity index (χ1n) is 9.03. The lowest BCUT2D eigenvalue weighted by molar-refractivity contribution is -0.147. The number of imide groups is 1. The van der Waals surface area contributed by atoms with Crippen molar-refractivity contribution in [2.75, 3.05) is 38.5 Å². The normalized spacial score (nSPS) is 20.5. The molecule has 8 heteroatoms. The molecule has 2 aliphatic heterocycles. The topological polar surface area (TPSA) is 78.0 Å². The highest BCUT2D eigenvalue weighted by molar-refractivity contribution is 7.89. The van der Waals surface area contributed by atoms with Crippen molar-refractivity contribution in [2.24, 2.45) is 0 Å². The standard InChI is InChI=1S/C18H25N3O4S/c22-17-7-4-8-18(23)21(17)13-14-26(24,25)20-11-9-19(10-12-20)15-16-5-2-1-3-6-16/h1-3,5-6H,4,7-15H2. The Morgan fingerprint density at radius 3 is 2.12 bits per heavy atom. The van der Waals surface area contributed by atoms with Crippen LogP contribution in [0.15, 0.2) is 30.3 Å². The van der Waals surface area contributed by atoms with Crippen molar-refractivity contribution in [3.63, 3.8) is 0 Å². The molecular weight excluding hydrogens is 354 g/mol. The van der Waals surface area contributed by atoms with Crippen LogP contribution in [-0.2, 0) is 26.2 Å². The summed E-state index contributed by atoms with van der Waals surface area (Å²) in [4.78, 5) is 26.9. The van der Waals surface area contributed by atoms with Crippen LogP contribution in [0.3, 0.4) is 0 Å². The minimum Gasteiger partial charge on any atom is -0.296 e. The van der Waals surface area contributed by atoms with Gasteiger partial charge in [-0.15, -0.1) is 0 Å². The molecule has 1 aromatic carbocycles. The van der Waals surface area contributed by atoms with Crippen LogP contribution in [0.5, 0.6) is 0 Å². The molecule has 0 atom stereocenters. The van der Waals surface area contributed by atoms with Crippen molar-refractivity contribution >= 4 is 21.8 Å². The smallest absolute Gasteiger partial charge is 0.229 e. The molecule has 0 aliphatic carbocycles. The van der Waals surface area contributed by atoms with Gasteiger partial charge >= 0.3 is 0 Å². The quantitative estimate of drug-likeness (QED) is 0.679. The highest BCUT2D eigenvalue weighted by Crippen LogP contribution is 2.15. The van der Waals surface area contributed by atoms with E-state index in [1.165, 1.54) is 9.87 Å². The number of rotatable bonds is 6. The lowest BCUT2D eigenvalue weighted by Crippen LogP contribution is -2.50. The minimum absolute atomic E-state index is 0.0375. The Morgan fingerprint density at radius 2 is 1.50 bits per heavy atom. The van der Waals surface area contributed by atoms with Crippen molar-refractivity contribution in [2.45, 2.75) is 25.8 Å². The van der Waals surface area contributed by atoms with E-state index in [9.17, 15) is 18.0 Å². The van der Waals surface area contributed by atoms with Crippen LogP contribution in [0.2, 0.25) is 0 Å². The SMILES string of the molecule is O=C1CCCC(=O)N1CCS(=O)(=O)N1CCN(Cc2ccccc2)CC1. The molecule has 3 rings (SSSR count). The van der Waals surface area contributed by atoms with Gasteiger partial charge in [0.2, 0.25) is 21.8 Å². The van der Waals surface area contributed by atoms with E-state index >= 15 is 0 Å². The Bertz CT molecular complexity index is 727. The number of hydrogen-bond donors (Lipinski definition) is 0. The van der Waals surface area contributed by atoms with Crippen molar-refractivity contribution in [3.05, 3.63) is 35.9 Å². The summed E-state index contributed by atoms with van der Waals surface area (Å²) in [6.07, 6.45) is 1.21. The average Bonchev–Trinajstić information content (AvgIpc) is 2.63. The van der Waals surface area contributed by atoms with Gasteiger partial charge in [-0.1, -0.05) is 30.3 Å². The molecular formula is C18H25N3O4S. The largest absolute Gasteiger partial charge is 0.296 e. The Morgan fingerprint density at radius 1 is 0.885 bits per heavy atom. The fourth-order valence-electron chi connectivity index (χ4n) is 3.39. The van der Waals surface area contributed by atoms with Crippen molar-refractivity contribution < 1.29 is 18.0 Å². The lowest BCUT2D eigenvalue weighted by atomic mass is 10.1. The third-order valence-electron chi connectivity index (χ3n) is 4.93. The highest BCUT2D eigenvalue weighted by atomic mass is 32.2. The maximum absolute atomic E-state index is 12.6. The summed E-state index contributed by atoms with van der Waals surface area (Å²) >= 11 is 0. The second-order valence-corrected chi connectivity index (χ2v) is 8.86. The average molecular weight is 379 g/mol. The van der Waals surface area contributed by atoms with Gasteiger partial charge in [0.15, 0.2) is 0 Å². The molecule has 2 fully saturated rings. The number of carbonyl (C=O) groups excluding carboxylic acids is 2. The minimum atomic E-state index is -3.47. The van der Waals surface area contributed by atoms with E-state index in [2.05, 4.69) is 17.0 Å². The third kappa shape index (κ3) is 4.69. The predicted octanol–water partition coefficient (Wildman–Crippen LogP) is 0.673. The van der Waals surface area contributed by atoms with E-state index in [4.69, 9.17) is 0 Å². The molecule has 26 heavy (non-hydrogen) atoms. The predicted molar refractivity (Wildman–Crippen MR) is 97.6 cm³/mol. The van der Waals surface area contributed by atoms with Gasteiger partial charge in [0.05, 0.1) is 5.75 Å². The summed E-state index contributed by atoms with van der Waals surface area (Å²) in [7, 11) is -3.47. The van der Waals surface area contributed by atoms with E-state index in [-0.39, 0.29) is 24.1 Å². The summed E-state index contributed by atoms with van der Waals surface area (Å²) in [6.45, 7) is 3.01. The van der Waals surface area contributed by atoms with E-state index in [0.717, 1.165) is 11.4 Å². The Kier molecular flexibility index (Phi) is 6.05. The number of benzene rings is 1. The van der Waals surface area contributed by atoms with Gasteiger partial charge in [0.25, 0.3) is 0 Å². The Labute approximate surface area is 154 Å². The van der Waals surface area contributed by atoms with Gasteiger partial charge in [-0.2, -0.15) is 4.31 Å². The zero-order valence-electron chi connectivity index (χ0n) is 14.8. The first-order valence-corrected chi connectivity index (χ1v) is 10.6. The number of hydrogen-bond acceptors (Lipinski definition) is 5. The molecule has 0 spiro atoms. The number of sulfonamides is 1. The molecule has 2 aliphatic rings. The highest BCUT2D eigenvalue weighted by Gasteiger charge is 2.31. The van der Waals surface area contributed by atoms with Crippen LogP contribution in [0.25, 0.3) is 0 Å². The maximum Gasteiger partial charge on any atom is 0.229 e. The fraction of sp³-hybridized carbons (Fsp3) is 0.556. The monoisotopic (exact) mass is 379 g/mol. The van der Waals surface area contributed by atoms with Crippen molar-refractivity contribution in [1.82, 2.24) is 14.1 Å². The van der Waals surface area contributed by atoms with Crippen LogP contribution >= 0.6 is 0 Å². The zero-order chi connectivity index (χ0) is 18.6. The molecule has 2 saturated heterocycles. The van der Waals surface area contributed by atoms with Gasteiger partial charge in [0, 0.05) is 52.1 Å². The van der Waals surface area contributed by atoms with Crippen LogP contribution in [-0.4, -0.2) is 72.8 Å². The molecule has 0 N–H and O–H groups in total. The lowest BCUT2D eigenvalue weighted by Gasteiger charge is -2.34. The number of piperidine rings is 1. The van der Waals surface area contributed by atoms with Gasteiger partial charge in [0.1, 0.15) is 0 Å². The Balaban J connectivity index is 1.49. The van der Waals surface area contributed by atoms with Crippen molar-refractivity contribution in [1.29, 1.82) is 0 Å². The van der Waals surface area contributed by atoms with Gasteiger partial charge in [-0.3, -0.25) is 19.4 Å². The molecule has 7 nitrogen and oxygen atoms in total. The first kappa shape index (κ1) is 19.0. The molecule has 0 unspecified atom stereocenters. The van der Waals surface area contributed by atoms with Gasteiger partial charge < -0.3 is 0 Å². The second-order valence-electron chi connectivity index (χ2n) is 6.77. The summed E-state index contributed by atoms with van der Waals surface area (Å²) in [5, 5.41) is 0. The van der Waals surface area contributed by atoms with Gasteiger partial charge in [-0.25, -0.2) is 8.42 Å². The molecule has 2 heterocycles. The van der Waals surface area contributed by atoms with E-state index in [0.29, 0.717) is 45.4 Å². The first-order chi connectivity index (χ1) is 12.5. The number of carbonyl (C=O) groups is 2. The molecule has 1 aromatic rings. The molecule has 0 bridgehead atoms. The number of nitrogens with zero attached hydrogens (tertiary/aromatic N) is 3. The van der Waals surface area contributed by atoms with E-state index < -0.39 is 10.0 Å². The van der Waals surface area contributed by atoms with Gasteiger partial charge in [-0.05, 0) is 12.0 Å². The molecule has 2 amide bonds. The van der Waals surface area contributed by atoms with Crippen LogP contribution in [0.1, 0.15) is 24.8 Å². The van der Waals surface area contributed by atoms with Crippen LogP contribution in [0.4, 0.5) is 0 Å². The number of likely N-dealkylation sites (tertiary alicyclic amines) is 1. The third-order valence-corrected chi connectivity index (χ3v) is 6.78. The maximum atomic E-state index is 12.6. The van der Waals surface area contributed by atoms with Crippen LogP contribution < -0.4 is 0 Å². The summed E-state index contributed by atoms with van der Waals surface area (Å²) < 4.78 is 26.6. The summed E-state index contributed by atoms with van der Waals surface area (Å²) in [6, 6.07) is 10.1.